The van der Waals surface area contributed by atoms with E-state index < -0.39 is 5.41 Å². The summed E-state index contributed by atoms with van der Waals surface area (Å²) in [6.45, 7) is 5.56. The first-order chi connectivity index (χ1) is 7.34. The van der Waals surface area contributed by atoms with Gasteiger partial charge in [-0.05, 0) is 18.2 Å². The molecule has 4 heteroatoms. The van der Waals surface area contributed by atoms with Gasteiger partial charge in [-0.1, -0.05) is 20.8 Å². The third-order valence-corrected chi connectivity index (χ3v) is 2.20. The molecule has 1 aromatic rings. The summed E-state index contributed by atoms with van der Waals surface area (Å²) in [6, 6.07) is 4.39. The van der Waals surface area contributed by atoms with Crippen LogP contribution in [0, 0.1) is 11.2 Å². The van der Waals surface area contributed by atoms with Gasteiger partial charge >= 0.3 is 0 Å². The van der Waals surface area contributed by atoms with Crippen molar-refractivity contribution in [3.05, 3.63) is 29.6 Å². The van der Waals surface area contributed by atoms with Gasteiger partial charge in [0.15, 0.2) is 0 Å². The lowest BCUT2D eigenvalue weighted by Gasteiger charge is -2.18. The van der Waals surface area contributed by atoms with Crippen LogP contribution in [0.2, 0.25) is 0 Å². The molecule has 0 bridgehead atoms. The molecule has 0 radical (unpaired) electrons. The second-order valence-electron chi connectivity index (χ2n) is 4.71. The fraction of sp³-hybridized carbons (Fsp3) is 0.417. The molecule has 1 amide bonds. The summed E-state index contributed by atoms with van der Waals surface area (Å²) in [4.78, 5) is 11.7. The Morgan fingerprint density at radius 1 is 1.44 bits per heavy atom. The molecule has 1 aromatic carbocycles. The summed E-state index contributed by atoms with van der Waals surface area (Å²) in [5.74, 6) is -0.460. The maximum absolute atomic E-state index is 13.1. The average Bonchev–Trinajstić information content (AvgIpc) is 2.19. The van der Waals surface area contributed by atoms with Crippen LogP contribution < -0.4 is 11.1 Å². The Hall–Kier alpha value is -1.42. The number of rotatable bonds is 2. The highest BCUT2D eigenvalue weighted by Gasteiger charge is 2.21. The number of carbonyl (C=O) groups excluding carboxylic acids is 1. The first-order valence-electron chi connectivity index (χ1n) is 5.14. The quantitative estimate of drug-likeness (QED) is 0.809. The van der Waals surface area contributed by atoms with Crippen molar-refractivity contribution < 1.29 is 9.18 Å². The van der Waals surface area contributed by atoms with Crippen LogP contribution >= 0.6 is 0 Å². The van der Waals surface area contributed by atoms with Crippen molar-refractivity contribution in [1.29, 1.82) is 0 Å². The van der Waals surface area contributed by atoms with E-state index in [2.05, 4.69) is 5.32 Å². The van der Waals surface area contributed by atoms with Gasteiger partial charge in [-0.2, -0.15) is 0 Å². The van der Waals surface area contributed by atoms with E-state index >= 15 is 0 Å². The highest BCUT2D eigenvalue weighted by atomic mass is 19.1. The smallest absolute Gasteiger partial charge is 0.229 e. The third kappa shape index (κ3) is 3.03. The predicted molar refractivity (Wildman–Crippen MR) is 62.4 cm³/mol. The zero-order valence-electron chi connectivity index (χ0n) is 9.80. The Balaban J connectivity index is 2.87. The lowest BCUT2D eigenvalue weighted by molar-refractivity contribution is -0.123. The molecule has 0 aliphatic carbocycles. The summed E-state index contributed by atoms with van der Waals surface area (Å²) < 4.78 is 13.1. The van der Waals surface area contributed by atoms with Gasteiger partial charge in [-0.3, -0.25) is 4.79 Å². The van der Waals surface area contributed by atoms with Gasteiger partial charge in [-0.25, -0.2) is 4.39 Å². The van der Waals surface area contributed by atoms with Crippen molar-refractivity contribution in [2.24, 2.45) is 11.1 Å². The predicted octanol–water partition coefficient (Wildman–Crippen LogP) is 2.27. The molecule has 3 N–H and O–H groups in total. The van der Waals surface area contributed by atoms with Crippen LogP contribution in [0.5, 0.6) is 0 Å². The van der Waals surface area contributed by atoms with Crippen LogP contribution in [0.4, 0.5) is 10.1 Å². The molecule has 0 saturated heterocycles. The molecule has 0 aliphatic rings. The Kier molecular flexibility index (Phi) is 3.65. The maximum Gasteiger partial charge on any atom is 0.229 e. The van der Waals surface area contributed by atoms with E-state index in [4.69, 9.17) is 5.73 Å². The normalized spacial score (nSPS) is 11.3. The molecule has 3 nitrogen and oxygen atoms in total. The minimum atomic E-state index is -0.475. The molecule has 0 atom stereocenters. The minimum Gasteiger partial charge on any atom is -0.326 e. The average molecular weight is 224 g/mol. The van der Waals surface area contributed by atoms with E-state index in [9.17, 15) is 9.18 Å². The van der Waals surface area contributed by atoms with Gasteiger partial charge in [0, 0.05) is 23.2 Å². The van der Waals surface area contributed by atoms with E-state index in [-0.39, 0.29) is 18.3 Å². The summed E-state index contributed by atoms with van der Waals surface area (Å²) >= 11 is 0. The van der Waals surface area contributed by atoms with Gasteiger partial charge in [0.25, 0.3) is 0 Å². The summed E-state index contributed by atoms with van der Waals surface area (Å²) in [7, 11) is 0. The molecule has 16 heavy (non-hydrogen) atoms. The van der Waals surface area contributed by atoms with Gasteiger partial charge in [0.1, 0.15) is 5.82 Å². The van der Waals surface area contributed by atoms with Crippen molar-refractivity contribution in [3.63, 3.8) is 0 Å². The molecule has 0 aromatic heterocycles. The van der Waals surface area contributed by atoms with E-state index in [1.807, 2.05) is 20.8 Å². The third-order valence-electron chi connectivity index (χ3n) is 2.20. The van der Waals surface area contributed by atoms with Crippen LogP contribution in [0.1, 0.15) is 26.3 Å². The first kappa shape index (κ1) is 12.6. The molecule has 0 aliphatic heterocycles. The van der Waals surface area contributed by atoms with E-state index in [0.29, 0.717) is 11.3 Å². The van der Waals surface area contributed by atoms with Crippen LogP contribution in [0.15, 0.2) is 18.2 Å². The van der Waals surface area contributed by atoms with Crippen molar-refractivity contribution in [3.8, 4) is 0 Å². The van der Waals surface area contributed by atoms with Crippen molar-refractivity contribution in [2.45, 2.75) is 27.3 Å². The molecule has 0 saturated carbocycles. The summed E-state index contributed by atoms with van der Waals surface area (Å²) in [5, 5.41) is 2.72. The van der Waals surface area contributed by atoms with E-state index in [1.165, 1.54) is 12.1 Å². The highest BCUT2D eigenvalue weighted by molar-refractivity contribution is 5.94. The largest absolute Gasteiger partial charge is 0.326 e. The number of nitrogens with one attached hydrogen (secondary N) is 1. The molecule has 0 unspecified atom stereocenters. The Bertz CT molecular complexity index is 396. The summed E-state index contributed by atoms with van der Waals surface area (Å²) in [6.07, 6.45) is 0. The van der Waals surface area contributed by atoms with Crippen molar-refractivity contribution in [1.82, 2.24) is 0 Å². The standard InChI is InChI=1S/C12H17FN2O/c1-12(2,3)11(16)15-9-4-5-10(13)8(6-9)7-14/h4-6H,7,14H2,1-3H3,(H,15,16). The molecule has 0 heterocycles. The maximum atomic E-state index is 13.1. The molecule has 0 spiro atoms. The lowest BCUT2D eigenvalue weighted by atomic mass is 9.95. The van der Waals surface area contributed by atoms with Gasteiger partial charge in [0.2, 0.25) is 5.91 Å². The zero-order valence-corrected chi connectivity index (χ0v) is 9.80. The number of halogens is 1. The minimum absolute atomic E-state index is 0.109. The number of carbonyl (C=O) groups is 1. The monoisotopic (exact) mass is 224 g/mol. The second kappa shape index (κ2) is 4.61. The number of amides is 1. The summed E-state index contributed by atoms with van der Waals surface area (Å²) in [5.41, 5.74) is 5.87. The molecule has 1 rings (SSSR count). The second-order valence-corrected chi connectivity index (χ2v) is 4.71. The molecular weight excluding hydrogens is 207 g/mol. The number of hydrogen-bond donors (Lipinski definition) is 2. The SMILES string of the molecule is CC(C)(C)C(=O)Nc1ccc(F)c(CN)c1. The fourth-order valence-corrected chi connectivity index (χ4v) is 1.13. The van der Waals surface area contributed by atoms with Crippen molar-refractivity contribution in [2.75, 3.05) is 5.32 Å². The number of hydrogen-bond acceptors (Lipinski definition) is 2. The number of benzene rings is 1. The molecule has 0 fully saturated rings. The van der Waals surface area contributed by atoms with E-state index in [0.717, 1.165) is 0 Å². The van der Waals surface area contributed by atoms with Crippen LogP contribution in [0.3, 0.4) is 0 Å². The first-order valence-corrected chi connectivity index (χ1v) is 5.14. The van der Waals surface area contributed by atoms with Crippen LogP contribution in [-0.4, -0.2) is 5.91 Å². The van der Waals surface area contributed by atoms with Gasteiger partial charge < -0.3 is 11.1 Å². The Morgan fingerprint density at radius 3 is 2.56 bits per heavy atom. The lowest BCUT2D eigenvalue weighted by Crippen LogP contribution is -2.27. The Morgan fingerprint density at radius 2 is 2.06 bits per heavy atom. The fourth-order valence-electron chi connectivity index (χ4n) is 1.13. The van der Waals surface area contributed by atoms with Gasteiger partial charge in [-0.15, -0.1) is 0 Å². The zero-order chi connectivity index (χ0) is 12.3. The van der Waals surface area contributed by atoms with E-state index in [1.54, 1.807) is 6.07 Å². The van der Waals surface area contributed by atoms with Crippen LogP contribution in [0.25, 0.3) is 0 Å². The molecular formula is C12H17FN2O. The topological polar surface area (TPSA) is 55.1 Å². The molecule has 88 valence electrons. The Labute approximate surface area is 94.8 Å². The van der Waals surface area contributed by atoms with Gasteiger partial charge in [0.05, 0.1) is 0 Å². The highest BCUT2D eigenvalue weighted by Crippen LogP contribution is 2.19. The number of anilines is 1. The van der Waals surface area contributed by atoms with Crippen molar-refractivity contribution >= 4 is 11.6 Å². The number of nitrogens with two attached hydrogens (primary N) is 1. The van der Waals surface area contributed by atoms with Crippen LogP contribution in [-0.2, 0) is 11.3 Å².